The van der Waals surface area contributed by atoms with Crippen LogP contribution in [0.1, 0.15) is 62.5 Å². The molecule has 9 nitrogen and oxygen atoms in total. The Hall–Kier alpha value is -3.90. The van der Waals surface area contributed by atoms with E-state index in [1.807, 2.05) is 31.7 Å². The maximum Gasteiger partial charge on any atom is 0.410 e. The molecule has 204 valence electrons. The summed E-state index contributed by atoms with van der Waals surface area (Å²) in [4.78, 5) is 22.3. The quantitative estimate of drug-likeness (QED) is 0.286. The molecule has 4 rings (SSSR count). The van der Waals surface area contributed by atoms with E-state index in [9.17, 15) is 10.1 Å². The normalized spacial score (nSPS) is 14.3. The lowest BCUT2D eigenvalue weighted by molar-refractivity contribution is 0.0171. The number of hydrogen-bond donors (Lipinski definition) is 2. The zero-order valence-corrected chi connectivity index (χ0v) is 23.5. The van der Waals surface area contributed by atoms with Crippen molar-refractivity contribution in [2.45, 2.75) is 58.7 Å². The highest BCUT2D eigenvalue weighted by molar-refractivity contribution is 6.30. The molecule has 1 saturated carbocycles. The molecule has 3 aromatic rings. The van der Waals surface area contributed by atoms with Gasteiger partial charge in [0.25, 0.3) is 0 Å². The number of ether oxygens (including phenoxy) is 1. The highest BCUT2D eigenvalue weighted by Gasteiger charge is 2.27. The second-order valence-electron chi connectivity index (χ2n) is 10.7. The number of rotatable bonds is 9. The van der Waals surface area contributed by atoms with Gasteiger partial charge in [-0.05, 0) is 68.7 Å². The number of nitriles is 1. The van der Waals surface area contributed by atoms with Gasteiger partial charge >= 0.3 is 6.09 Å². The summed E-state index contributed by atoms with van der Waals surface area (Å²) in [6, 6.07) is 12.0. The summed E-state index contributed by atoms with van der Waals surface area (Å²) < 4.78 is 5.68. The first kappa shape index (κ1) is 28.1. The average Bonchev–Trinajstić information content (AvgIpc) is 3.25. The number of H-pyrrole nitrogens is 1. The standard InChI is InChI=1S/C29H34ClN7O2/c1-29(2,3)39-28(38)37(17-19-6-5-7-19)18-23-11-21-9-8-20(10-25(21)35-23)14-33-16-27(36-32-4)24-12-22(30)15-34-26(24)13-31/h8-12,15-16,19,33,35H,5-7,14,17-18H2,1-4H3/b27-16-,36-32-. The van der Waals surface area contributed by atoms with E-state index in [1.54, 1.807) is 19.3 Å². The van der Waals surface area contributed by atoms with Gasteiger partial charge in [-0.1, -0.05) is 30.2 Å². The van der Waals surface area contributed by atoms with Gasteiger partial charge in [-0.3, -0.25) is 0 Å². The second-order valence-corrected chi connectivity index (χ2v) is 11.2. The Morgan fingerprint density at radius 1 is 1.33 bits per heavy atom. The molecule has 39 heavy (non-hydrogen) atoms. The third-order valence-electron chi connectivity index (χ3n) is 6.45. The molecule has 0 spiro atoms. The van der Waals surface area contributed by atoms with Crippen LogP contribution in [0, 0.1) is 17.2 Å². The first-order valence-corrected chi connectivity index (χ1v) is 13.4. The van der Waals surface area contributed by atoms with E-state index in [1.165, 1.54) is 12.6 Å². The fourth-order valence-electron chi connectivity index (χ4n) is 4.41. The van der Waals surface area contributed by atoms with Gasteiger partial charge < -0.3 is 19.9 Å². The Morgan fingerprint density at radius 3 is 2.79 bits per heavy atom. The molecule has 2 N–H and O–H groups in total. The minimum atomic E-state index is -0.538. The van der Waals surface area contributed by atoms with Crippen LogP contribution >= 0.6 is 11.6 Å². The van der Waals surface area contributed by atoms with Crippen molar-refractivity contribution >= 4 is 34.3 Å². The second kappa shape index (κ2) is 12.3. The summed E-state index contributed by atoms with van der Waals surface area (Å²) in [5.74, 6) is 0.539. The number of amides is 1. The van der Waals surface area contributed by atoms with Crippen molar-refractivity contribution in [1.82, 2.24) is 20.2 Å². The molecule has 0 bridgehead atoms. The van der Waals surface area contributed by atoms with E-state index in [0.29, 0.717) is 41.8 Å². The molecule has 1 aliphatic carbocycles. The first-order valence-electron chi connectivity index (χ1n) is 13.0. The Kier molecular flexibility index (Phi) is 8.87. The molecule has 1 fully saturated rings. The Bertz CT molecular complexity index is 1430. The molecule has 0 unspecified atom stereocenters. The van der Waals surface area contributed by atoms with Crippen molar-refractivity contribution in [2.75, 3.05) is 13.6 Å². The van der Waals surface area contributed by atoms with Crippen LogP contribution in [-0.4, -0.2) is 40.2 Å². The molecule has 0 aliphatic heterocycles. The van der Waals surface area contributed by atoms with Gasteiger partial charge in [0.05, 0.1) is 11.6 Å². The van der Waals surface area contributed by atoms with Crippen LogP contribution in [0.4, 0.5) is 4.79 Å². The molecule has 1 aromatic carbocycles. The number of hydrogen-bond acceptors (Lipinski definition) is 7. The monoisotopic (exact) mass is 547 g/mol. The minimum absolute atomic E-state index is 0.220. The van der Waals surface area contributed by atoms with Crippen molar-refractivity contribution in [1.29, 1.82) is 5.26 Å². The van der Waals surface area contributed by atoms with Crippen molar-refractivity contribution in [3.63, 3.8) is 0 Å². The fourth-order valence-corrected chi connectivity index (χ4v) is 4.57. The van der Waals surface area contributed by atoms with Crippen LogP contribution in [0.3, 0.4) is 0 Å². The third kappa shape index (κ3) is 7.58. The first-order chi connectivity index (χ1) is 18.6. The molecule has 1 amide bonds. The van der Waals surface area contributed by atoms with Gasteiger partial charge in [0.15, 0.2) is 0 Å². The molecule has 0 saturated heterocycles. The van der Waals surface area contributed by atoms with E-state index < -0.39 is 5.60 Å². The maximum absolute atomic E-state index is 12.9. The van der Waals surface area contributed by atoms with E-state index >= 15 is 0 Å². The number of nitrogens with one attached hydrogen (secondary N) is 2. The number of pyridine rings is 1. The Morgan fingerprint density at radius 2 is 2.13 bits per heavy atom. The van der Waals surface area contributed by atoms with Crippen LogP contribution < -0.4 is 5.32 Å². The maximum atomic E-state index is 12.9. The van der Waals surface area contributed by atoms with Crippen LogP contribution in [0.25, 0.3) is 16.6 Å². The van der Waals surface area contributed by atoms with E-state index in [4.69, 9.17) is 16.3 Å². The number of halogens is 1. The molecule has 0 atom stereocenters. The number of fused-ring (bicyclic) bond motifs is 1. The zero-order chi connectivity index (χ0) is 28.0. The van der Waals surface area contributed by atoms with Crippen molar-refractivity contribution in [2.24, 2.45) is 16.1 Å². The number of carbonyl (C=O) groups excluding carboxylic acids is 1. The van der Waals surface area contributed by atoms with Gasteiger partial charge in [-0.15, -0.1) is 0 Å². The number of azo groups is 1. The number of nitrogens with zero attached hydrogens (tertiary/aromatic N) is 5. The number of benzene rings is 1. The molecular formula is C29H34ClN7O2. The molecule has 2 heterocycles. The Balaban J connectivity index is 1.47. The highest BCUT2D eigenvalue weighted by Crippen LogP contribution is 2.29. The average molecular weight is 548 g/mol. The van der Waals surface area contributed by atoms with Gasteiger partial charge in [-0.25, -0.2) is 9.78 Å². The third-order valence-corrected chi connectivity index (χ3v) is 6.65. The largest absolute Gasteiger partial charge is 0.444 e. The van der Waals surface area contributed by atoms with Crippen LogP contribution in [0.15, 0.2) is 53.0 Å². The van der Waals surface area contributed by atoms with Crippen molar-refractivity contribution in [3.8, 4) is 6.07 Å². The molecular weight excluding hydrogens is 514 g/mol. The number of aromatic amines is 1. The van der Waals surface area contributed by atoms with E-state index in [2.05, 4.69) is 49.8 Å². The Labute approximate surface area is 233 Å². The van der Waals surface area contributed by atoms with Crippen LogP contribution in [-0.2, 0) is 17.8 Å². The van der Waals surface area contributed by atoms with Gasteiger partial charge in [0.2, 0.25) is 0 Å². The topological polar surface area (TPSA) is 119 Å². The molecule has 1 aliphatic rings. The van der Waals surface area contributed by atoms with Crippen LogP contribution in [0.5, 0.6) is 0 Å². The lowest BCUT2D eigenvalue weighted by atomic mass is 9.85. The lowest BCUT2D eigenvalue weighted by Gasteiger charge is -2.33. The minimum Gasteiger partial charge on any atom is -0.444 e. The summed E-state index contributed by atoms with van der Waals surface area (Å²) >= 11 is 6.09. The molecule has 2 aromatic heterocycles. The SMILES string of the molecule is C/N=N\C(=C/NCc1ccc2cc(CN(CC3CCC3)C(=O)OC(C)(C)C)[nH]c2c1)c1cc(Cl)cnc1C#N. The molecule has 10 heteroatoms. The van der Waals surface area contributed by atoms with Crippen LogP contribution in [0.2, 0.25) is 5.02 Å². The van der Waals surface area contributed by atoms with Crippen molar-refractivity contribution < 1.29 is 9.53 Å². The van der Waals surface area contributed by atoms with Gasteiger partial charge in [0, 0.05) is 49.3 Å². The number of carbonyl (C=O) groups is 1. The summed E-state index contributed by atoms with van der Waals surface area (Å²) in [5.41, 5.74) is 3.64. The smallest absolute Gasteiger partial charge is 0.410 e. The predicted octanol–water partition coefficient (Wildman–Crippen LogP) is 6.80. The van der Waals surface area contributed by atoms with E-state index in [-0.39, 0.29) is 11.8 Å². The number of aromatic nitrogens is 2. The zero-order valence-electron chi connectivity index (χ0n) is 22.8. The lowest BCUT2D eigenvalue weighted by Crippen LogP contribution is -2.40. The summed E-state index contributed by atoms with van der Waals surface area (Å²) in [5, 5.41) is 22.2. The fraction of sp³-hybridized carbons (Fsp3) is 0.414. The predicted molar refractivity (Wildman–Crippen MR) is 152 cm³/mol. The summed E-state index contributed by atoms with van der Waals surface area (Å²) in [7, 11) is 1.56. The molecule has 0 radical (unpaired) electrons. The van der Waals surface area contributed by atoms with E-state index in [0.717, 1.165) is 35.0 Å². The van der Waals surface area contributed by atoms with Crippen molar-refractivity contribution in [3.05, 3.63) is 70.3 Å². The van der Waals surface area contributed by atoms with Gasteiger partial charge in [0.1, 0.15) is 23.1 Å². The summed E-state index contributed by atoms with van der Waals surface area (Å²) in [6.45, 7) is 7.37. The van der Waals surface area contributed by atoms with Gasteiger partial charge in [-0.2, -0.15) is 15.5 Å². The highest BCUT2D eigenvalue weighted by atomic mass is 35.5. The summed E-state index contributed by atoms with van der Waals surface area (Å²) in [6.07, 6.45) is 6.39.